The highest BCUT2D eigenvalue weighted by atomic mass is 19.1. The van der Waals surface area contributed by atoms with Gasteiger partial charge in [0.05, 0.1) is 5.56 Å². The molecule has 4 rings (SSSR count). The zero-order valence-corrected chi connectivity index (χ0v) is 16.5. The summed E-state index contributed by atoms with van der Waals surface area (Å²) in [4.78, 5) is 30.5. The number of amides is 3. The molecule has 154 valence electrons. The minimum Gasteiger partial charge on any atom is -0.383 e. The molecule has 0 spiro atoms. The van der Waals surface area contributed by atoms with E-state index in [1.54, 1.807) is 24.1 Å². The third-order valence-corrected chi connectivity index (χ3v) is 5.35. The van der Waals surface area contributed by atoms with E-state index in [1.165, 1.54) is 18.3 Å². The van der Waals surface area contributed by atoms with Crippen LogP contribution in [-0.2, 0) is 0 Å². The minimum absolute atomic E-state index is 0.131. The van der Waals surface area contributed by atoms with Gasteiger partial charge in [-0.1, -0.05) is 24.3 Å². The number of carbonyl (C=O) groups excluding carboxylic acids is 2. The highest BCUT2D eigenvalue weighted by Crippen LogP contribution is 2.29. The highest BCUT2D eigenvalue weighted by Gasteiger charge is 2.27. The number of benzene rings is 2. The van der Waals surface area contributed by atoms with Crippen LogP contribution < -0.4 is 16.4 Å². The average molecular weight is 407 g/mol. The summed E-state index contributed by atoms with van der Waals surface area (Å²) in [6.45, 7) is 1.04. The lowest BCUT2D eigenvalue weighted by atomic mass is 9.99. The summed E-state index contributed by atoms with van der Waals surface area (Å²) in [7, 11) is 1.58. The van der Waals surface area contributed by atoms with Crippen LogP contribution >= 0.6 is 0 Å². The van der Waals surface area contributed by atoms with Crippen LogP contribution in [0.1, 0.15) is 16.8 Å². The number of halogens is 1. The number of nitrogens with two attached hydrogens (primary N) is 1. The van der Waals surface area contributed by atoms with Gasteiger partial charge in [-0.05, 0) is 41.1 Å². The van der Waals surface area contributed by atoms with Crippen molar-refractivity contribution < 1.29 is 14.0 Å². The normalized spacial score (nSPS) is 15.9. The van der Waals surface area contributed by atoms with E-state index in [4.69, 9.17) is 5.73 Å². The van der Waals surface area contributed by atoms with E-state index in [2.05, 4.69) is 15.6 Å². The molecule has 1 aromatic heterocycles. The van der Waals surface area contributed by atoms with Gasteiger partial charge in [-0.2, -0.15) is 0 Å². The Morgan fingerprint density at radius 3 is 2.73 bits per heavy atom. The molecule has 1 aliphatic heterocycles. The minimum atomic E-state index is -0.325. The molecule has 0 aliphatic carbocycles. The molecule has 7 nitrogen and oxygen atoms in total. The smallest absolute Gasteiger partial charge is 0.317 e. The Morgan fingerprint density at radius 1 is 1.17 bits per heavy atom. The van der Waals surface area contributed by atoms with Gasteiger partial charge in [0.15, 0.2) is 0 Å². The summed E-state index contributed by atoms with van der Waals surface area (Å²) in [6, 6.07) is 11.4. The largest absolute Gasteiger partial charge is 0.383 e. The van der Waals surface area contributed by atoms with Crippen LogP contribution in [0.2, 0.25) is 0 Å². The van der Waals surface area contributed by atoms with Crippen LogP contribution in [0.5, 0.6) is 0 Å². The number of urea groups is 1. The first-order valence-corrected chi connectivity index (χ1v) is 9.68. The molecule has 2 aromatic carbocycles. The number of hydrogen-bond acceptors (Lipinski definition) is 4. The summed E-state index contributed by atoms with van der Waals surface area (Å²) >= 11 is 0. The maximum absolute atomic E-state index is 13.6. The zero-order valence-electron chi connectivity index (χ0n) is 16.5. The average Bonchev–Trinajstić information content (AvgIpc) is 3.21. The molecule has 4 N–H and O–H groups in total. The van der Waals surface area contributed by atoms with E-state index < -0.39 is 0 Å². The van der Waals surface area contributed by atoms with E-state index in [-0.39, 0.29) is 23.8 Å². The molecule has 30 heavy (non-hydrogen) atoms. The fraction of sp³-hybridized carbons (Fsp3) is 0.227. The lowest BCUT2D eigenvalue weighted by Crippen LogP contribution is -2.41. The Labute approximate surface area is 173 Å². The fourth-order valence-electron chi connectivity index (χ4n) is 3.78. The van der Waals surface area contributed by atoms with E-state index >= 15 is 0 Å². The Morgan fingerprint density at radius 2 is 1.97 bits per heavy atom. The number of rotatable bonds is 3. The molecule has 3 amide bonds. The molecule has 1 saturated heterocycles. The predicted molar refractivity (Wildman–Crippen MR) is 113 cm³/mol. The van der Waals surface area contributed by atoms with Crippen molar-refractivity contribution in [2.45, 2.75) is 12.5 Å². The molecule has 1 unspecified atom stereocenters. The lowest BCUT2D eigenvalue weighted by Gasteiger charge is -2.17. The van der Waals surface area contributed by atoms with Crippen LogP contribution in [0.25, 0.3) is 21.9 Å². The predicted octanol–water partition coefficient (Wildman–Crippen LogP) is 2.77. The molecule has 2 heterocycles. The molecule has 3 aromatic rings. The van der Waals surface area contributed by atoms with Crippen molar-refractivity contribution in [2.24, 2.45) is 0 Å². The molecule has 1 fully saturated rings. The first kappa shape index (κ1) is 19.6. The maximum Gasteiger partial charge on any atom is 0.317 e. The Bertz CT molecular complexity index is 1130. The van der Waals surface area contributed by atoms with Crippen LogP contribution in [0.4, 0.5) is 15.0 Å². The summed E-state index contributed by atoms with van der Waals surface area (Å²) in [5.74, 6) is -0.296. The summed E-state index contributed by atoms with van der Waals surface area (Å²) in [5.41, 5.74) is 7.97. The Balaban J connectivity index is 1.61. The van der Waals surface area contributed by atoms with Crippen LogP contribution in [0, 0.1) is 5.82 Å². The Hall–Kier alpha value is -3.68. The molecule has 0 radical (unpaired) electrons. The molecule has 0 saturated carbocycles. The zero-order chi connectivity index (χ0) is 21.3. The van der Waals surface area contributed by atoms with Crippen LogP contribution in [-0.4, -0.2) is 48.0 Å². The standard InChI is InChI=1S/C22H22FN5O2/c1-25-22(30)28-8-7-16(12-28)27-21(29)19-11-26-20(24)18-10-14(5-6-17(18)19)13-3-2-4-15(23)9-13/h2-6,9-11,16H,7-8,12H2,1H3,(H2,24,26)(H,25,30)(H,27,29). The monoisotopic (exact) mass is 407 g/mol. The third kappa shape index (κ3) is 3.76. The third-order valence-electron chi connectivity index (χ3n) is 5.35. The second-order valence-corrected chi connectivity index (χ2v) is 7.29. The summed E-state index contributed by atoms with van der Waals surface area (Å²) in [5, 5.41) is 6.87. The van der Waals surface area contributed by atoms with Crippen molar-refractivity contribution in [3.63, 3.8) is 0 Å². The van der Waals surface area contributed by atoms with E-state index in [0.717, 1.165) is 5.56 Å². The number of carbonyl (C=O) groups is 2. The first-order valence-electron chi connectivity index (χ1n) is 9.68. The number of nitrogens with zero attached hydrogens (tertiary/aromatic N) is 2. The van der Waals surface area contributed by atoms with Gasteiger partial charge < -0.3 is 21.3 Å². The topological polar surface area (TPSA) is 100 Å². The quantitative estimate of drug-likeness (QED) is 0.622. The number of fused-ring (bicyclic) bond motifs is 1. The van der Waals surface area contributed by atoms with Crippen LogP contribution in [0.3, 0.4) is 0 Å². The maximum atomic E-state index is 13.6. The van der Waals surface area contributed by atoms with Gasteiger partial charge in [0.1, 0.15) is 11.6 Å². The van der Waals surface area contributed by atoms with Crippen LogP contribution in [0.15, 0.2) is 48.7 Å². The fourth-order valence-corrected chi connectivity index (χ4v) is 3.78. The lowest BCUT2D eigenvalue weighted by molar-refractivity contribution is 0.0939. The van der Waals surface area contributed by atoms with Gasteiger partial charge in [-0.15, -0.1) is 0 Å². The van der Waals surface area contributed by atoms with Crippen molar-refractivity contribution in [1.29, 1.82) is 0 Å². The second kappa shape index (κ2) is 7.98. The van der Waals surface area contributed by atoms with Gasteiger partial charge in [-0.3, -0.25) is 4.79 Å². The summed E-state index contributed by atoms with van der Waals surface area (Å²) in [6.07, 6.45) is 2.14. The van der Waals surface area contributed by atoms with E-state index in [9.17, 15) is 14.0 Å². The SMILES string of the molecule is CNC(=O)N1CCC(NC(=O)c2cnc(N)c3cc(-c4cccc(F)c4)ccc23)C1. The van der Waals surface area contributed by atoms with Gasteiger partial charge in [-0.25, -0.2) is 14.2 Å². The molecule has 1 atom stereocenters. The van der Waals surface area contributed by atoms with Gasteiger partial charge >= 0.3 is 6.03 Å². The van der Waals surface area contributed by atoms with E-state index in [0.29, 0.717) is 47.2 Å². The number of nitrogen functional groups attached to an aromatic ring is 1. The number of aromatic nitrogens is 1. The van der Waals surface area contributed by atoms with Gasteiger partial charge in [0.25, 0.3) is 5.91 Å². The molecule has 8 heteroatoms. The highest BCUT2D eigenvalue weighted by molar-refractivity contribution is 6.10. The van der Waals surface area contributed by atoms with E-state index in [1.807, 2.05) is 18.2 Å². The van der Waals surface area contributed by atoms with Crippen molar-refractivity contribution in [3.05, 3.63) is 60.0 Å². The molecule has 1 aliphatic rings. The first-order chi connectivity index (χ1) is 14.5. The van der Waals surface area contributed by atoms with Gasteiger partial charge in [0, 0.05) is 37.8 Å². The Kier molecular flexibility index (Phi) is 5.22. The summed E-state index contributed by atoms with van der Waals surface area (Å²) < 4.78 is 13.6. The number of anilines is 1. The van der Waals surface area contributed by atoms with Crippen molar-refractivity contribution in [2.75, 3.05) is 25.9 Å². The van der Waals surface area contributed by atoms with Crippen molar-refractivity contribution in [1.82, 2.24) is 20.5 Å². The van der Waals surface area contributed by atoms with Crippen molar-refractivity contribution in [3.8, 4) is 11.1 Å². The van der Waals surface area contributed by atoms with Crippen molar-refractivity contribution >= 4 is 28.5 Å². The molecular weight excluding hydrogens is 385 g/mol. The number of likely N-dealkylation sites (tertiary alicyclic amines) is 1. The number of pyridine rings is 1. The molecule has 0 bridgehead atoms. The van der Waals surface area contributed by atoms with Gasteiger partial charge in [0.2, 0.25) is 0 Å². The second-order valence-electron chi connectivity index (χ2n) is 7.29. The number of nitrogens with one attached hydrogen (secondary N) is 2. The molecular formula is C22H22FN5O2. The number of hydrogen-bond donors (Lipinski definition) is 3.